The van der Waals surface area contributed by atoms with Crippen LogP contribution in [0.5, 0.6) is 0 Å². The molecule has 3 heterocycles. The first-order chi connectivity index (χ1) is 15.3. The van der Waals surface area contributed by atoms with Crippen LogP contribution in [-0.4, -0.2) is 37.4 Å². The van der Waals surface area contributed by atoms with E-state index in [4.69, 9.17) is 10.8 Å². The minimum absolute atomic E-state index is 0.0123. The Morgan fingerprint density at radius 1 is 1.03 bits per heavy atom. The number of carboxylic acid groups (broad SMARTS) is 1. The second-order valence-electron chi connectivity index (χ2n) is 7.34. The smallest absolute Gasteiger partial charge is 0.335 e. The highest BCUT2D eigenvalue weighted by atomic mass is 16.4. The summed E-state index contributed by atoms with van der Waals surface area (Å²) in [6, 6.07) is 12.7. The average molecular weight is 429 g/mol. The quantitative estimate of drug-likeness (QED) is 0.357. The Hall–Kier alpha value is -4.73. The topological polar surface area (TPSA) is 160 Å². The number of nitrogens with two attached hydrogens (primary N) is 1. The molecule has 0 atom stereocenters. The second kappa shape index (κ2) is 6.91. The van der Waals surface area contributed by atoms with Gasteiger partial charge in [0.15, 0.2) is 0 Å². The normalized spacial score (nSPS) is 12.8. The summed E-state index contributed by atoms with van der Waals surface area (Å²) in [5, 5.41) is 11.3. The molecule has 0 bridgehead atoms. The van der Waals surface area contributed by atoms with Crippen molar-refractivity contribution in [3.63, 3.8) is 0 Å². The predicted octanol–water partition coefficient (Wildman–Crippen LogP) is 1.47. The lowest BCUT2D eigenvalue weighted by Gasteiger charge is -2.12. The minimum atomic E-state index is -1.01. The third-order valence-electron chi connectivity index (χ3n) is 5.30. The van der Waals surface area contributed by atoms with E-state index in [1.807, 2.05) is 0 Å². The summed E-state index contributed by atoms with van der Waals surface area (Å²) in [5.74, 6) is -1.74. The molecule has 0 fully saturated rings. The van der Waals surface area contributed by atoms with Crippen LogP contribution in [0.25, 0.3) is 16.7 Å². The van der Waals surface area contributed by atoms with Crippen molar-refractivity contribution < 1.29 is 19.5 Å². The standard InChI is InChI=1S/C22H15N5O5/c23-19-18-13(20(29)26-21(18)30)9-17(28)27(19)12-4-1-10(2-5-12)7-16-24-14-6-3-11(22(31)32)8-15(14)25-16/h1-6,8-9H,7,23H2,(H,24,25)(H,31,32)(H,26,29,30). The number of carbonyl (C=O) groups is 3. The molecule has 0 radical (unpaired) electrons. The number of hydrogen-bond acceptors (Lipinski definition) is 6. The van der Waals surface area contributed by atoms with Crippen LogP contribution < -0.4 is 16.6 Å². The van der Waals surface area contributed by atoms with Gasteiger partial charge in [-0.1, -0.05) is 12.1 Å². The maximum atomic E-state index is 12.5. The number of aromatic nitrogens is 3. The number of nitrogen functional groups attached to an aromatic ring is 1. The van der Waals surface area contributed by atoms with Gasteiger partial charge >= 0.3 is 5.97 Å². The van der Waals surface area contributed by atoms with Crippen LogP contribution in [0.15, 0.2) is 53.3 Å². The van der Waals surface area contributed by atoms with Gasteiger partial charge in [0, 0.05) is 12.5 Å². The first-order valence-electron chi connectivity index (χ1n) is 9.54. The molecule has 0 aliphatic carbocycles. The number of H-pyrrole nitrogens is 1. The molecule has 0 spiro atoms. The second-order valence-corrected chi connectivity index (χ2v) is 7.34. The molecule has 2 aromatic heterocycles. The number of imide groups is 1. The number of pyridine rings is 1. The third-order valence-corrected chi connectivity index (χ3v) is 5.30. The molecule has 0 saturated heterocycles. The summed E-state index contributed by atoms with van der Waals surface area (Å²) in [5.41, 5.74) is 8.27. The molecule has 4 aromatic rings. The van der Waals surface area contributed by atoms with Gasteiger partial charge in [-0.15, -0.1) is 0 Å². The molecule has 0 unspecified atom stereocenters. The number of anilines is 1. The number of carbonyl (C=O) groups excluding carboxylic acids is 2. The van der Waals surface area contributed by atoms with Crippen LogP contribution in [0.2, 0.25) is 0 Å². The monoisotopic (exact) mass is 429 g/mol. The fourth-order valence-corrected chi connectivity index (χ4v) is 3.78. The molecule has 2 aromatic carbocycles. The van der Waals surface area contributed by atoms with Crippen molar-refractivity contribution in [2.24, 2.45) is 0 Å². The zero-order valence-corrected chi connectivity index (χ0v) is 16.4. The summed E-state index contributed by atoms with van der Waals surface area (Å²) in [4.78, 5) is 55.1. The Morgan fingerprint density at radius 3 is 2.50 bits per heavy atom. The molecule has 5 N–H and O–H groups in total. The summed E-state index contributed by atoms with van der Waals surface area (Å²) in [6.45, 7) is 0. The van der Waals surface area contributed by atoms with Gasteiger partial charge in [0.1, 0.15) is 11.6 Å². The van der Waals surface area contributed by atoms with Crippen LogP contribution in [0.4, 0.5) is 5.82 Å². The van der Waals surface area contributed by atoms with E-state index < -0.39 is 23.3 Å². The number of aromatic carboxylic acids is 1. The van der Waals surface area contributed by atoms with Crippen molar-refractivity contribution in [1.29, 1.82) is 0 Å². The Balaban J connectivity index is 1.46. The van der Waals surface area contributed by atoms with Gasteiger partial charge in [0.05, 0.1) is 33.4 Å². The molecule has 1 aliphatic rings. The Bertz CT molecular complexity index is 1510. The zero-order chi connectivity index (χ0) is 22.6. The maximum absolute atomic E-state index is 12.5. The molecule has 158 valence electrons. The van der Waals surface area contributed by atoms with Crippen LogP contribution in [-0.2, 0) is 6.42 Å². The molecule has 1 aliphatic heterocycles. The summed E-state index contributed by atoms with van der Waals surface area (Å²) in [7, 11) is 0. The van der Waals surface area contributed by atoms with Crippen molar-refractivity contribution in [2.75, 3.05) is 5.73 Å². The molecule has 2 amide bonds. The number of nitrogens with one attached hydrogen (secondary N) is 2. The number of fused-ring (bicyclic) bond motifs is 2. The highest BCUT2D eigenvalue weighted by molar-refractivity contribution is 6.23. The third kappa shape index (κ3) is 3.01. The molecule has 10 heteroatoms. The fraction of sp³-hybridized carbons (Fsp3) is 0.0455. The van der Waals surface area contributed by atoms with Crippen LogP contribution in [0.1, 0.15) is 42.5 Å². The number of benzene rings is 2. The first-order valence-corrected chi connectivity index (χ1v) is 9.54. The lowest BCUT2D eigenvalue weighted by Crippen LogP contribution is -2.24. The molecule has 32 heavy (non-hydrogen) atoms. The summed E-state index contributed by atoms with van der Waals surface area (Å²) in [6.07, 6.45) is 0.447. The van der Waals surface area contributed by atoms with Gasteiger partial charge in [-0.3, -0.25) is 24.3 Å². The number of nitrogens with zero attached hydrogens (tertiary/aromatic N) is 2. The highest BCUT2D eigenvalue weighted by Gasteiger charge is 2.31. The SMILES string of the molecule is Nc1c2c(cc(=O)n1-c1ccc(Cc3nc4ccc(C(=O)O)cc4[nH]3)cc1)C(=O)NC2=O. The Morgan fingerprint density at radius 2 is 1.78 bits per heavy atom. The Labute approximate surface area is 179 Å². The van der Waals surface area contributed by atoms with E-state index in [1.54, 1.807) is 30.3 Å². The number of amides is 2. The lowest BCUT2D eigenvalue weighted by molar-refractivity contribution is 0.0696. The molecular formula is C22H15N5O5. The minimum Gasteiger partial charge on any atom is -0.478 e. The van der Waals surface area contributed by atoms with Crippen molar-refractivity contribution in [3.8, 4) is 5.69 Å². The van der Waals surface area contributed by atoms with Gasteiger partial charge in [-0.05, 0) is 35.9 Å². The van der Waals surface area contributed by atoms with Gasteiger partial charge in [0.2, 0.25) is 0 Å². The van der Waals surface area contributed by atoms with Gasteiger partial charge < -0.3 is 15.8 Å². The molecular weight excluding hydrogens is 414 g/mol. The van der Waals surface area contributed by atoms with Crippen molar-refractivity contribution in [2.45, 2.75) is 6.42 Å². The molecule has 0 saturated carbocycles. The van der Waals surface area contributed by atoms with E-state index in [1.165, 1.54) is 16.7 Å². The largest absolute Gasteiger partial charge is 0.478 e. The maximum Gasteiger partial charge on any atom is 0.335 e. The number of hydrogen-bond donors (Lipinski definition) is 4. The van der Waals surface area contributed by atoms with Crippen LogP contribution >= 0.6 is 0 Å². The van der Waals surface area contributed by atoms with E-state index in [0.29, 0.717) is 29.0 Å². The number of rotatable bonds is 4. The van der Waals surface area contributed by atoms with E-state index in [0.717, 1.165) is 11.6 Å². The van der Waals surface area contributed by atoms with Gasteiger partial charge in [-0.2, -0.15) is 0 Å². The number of imidazole rings is 1. The van der Waals surface area contributed by atoms with Crippen LogP contribution in [0, 0.1) is 0 Å². The molecule has 5 rings (SSSR count). The van der Waals surface area contributed by atoms with Gasteiger partial charge in [0.25, 0.3) is 17.4 Å². The summed E-state index contributed by atoms with van der Waals surface area (Å²) >= 11 is 0. The van der Waals surface area contributed by atoms with E-state index >= 15 is 0 Å². The lowest BCUT2D eigenvalue weighted by atomic mass is 10.1. The Kier molecular flexibility index (Phi) is 4.16. The number of aromatic amines is 1. The predicted molar refractivity (Wildman–Crippen MR) is 114 cm³/mol. The first kappa shape index (κ1) is 19.2. The number of carboxylic acids is 1. The van der Waals surface area contributed by atoms with E-state index in [-0.39, 0.29) is 22.5 Å². The summed E-state index contributed by atoms with van der Waals surface area (Å²) < 4.78 is 1.18. The van der Waals surface area contributed by atoms with Gasteiger partial charge in [-0.25, -0.2) is 9.78 Å². The fourth-order valence-electron chi connectivity index (χ4n) is 3.78. The van der Waals surface area contributed by atoms with E-state index in [2.05, 4.69) is 15.3 Å². The highest BCUT2D eigenvalue weighted by Crippen LogP contribution is 2.23. The molecule has 10 nitrogen and oxygen atoms in total. The van der Waals surface area contributed by atoms with Crippen LogP contribution in [0.3, 0.4) is 0 Å². The van der Waals surface area contributed by atoms with Crippen molar-refractivity contribution >= 4 is 34.6 Å². The average Bonchev–Trinajstić information content (AvgIpc) is 3.28. The zero-order valence-electron chi connectivity index (χ0n) is 16.4. The van der Waals surface area contributed by atoms with Crippen molar-refractivity contribution in [1.82, 2.24) is 19.9 Å². The van der Waals surface area contributed by atoms with E-state index in [9.17, 15) is 19.2 Å². The van der Waals surface area contributed by atoms with Crippen molar-refractivity contribution in [3.05, 3.63) is 87.0 Å².